The maximum Gasteiger partial charge on any atom is 0.153 e. The van der Waals surface area contributed by atoms with Crippen molar-refractivity contribution in [3.05, 3.63) is 35.1 Å². The zero-order valence-corrected chi connectivity index (χ0v) is 7.73. The first kappa shape index (κ1) is 8.19. The van der Waals surface area contributed by atoms with Crippen LogP contribution < -0.4 is 0 Å². The Morgan fingerprint density at radius 3 is 2.85 bits per heavy atom. The van der Waals surface area contributed by atoms with Crippen LogP contribution in [0.3, 0.4) is 0 Å². The molecule has 1 aromatic carbocycles. The quantitative estimate of drug-likeness (QED) is 0.693. The van der Waals surface area contributed by atoms with E-state index in [0.29, 0.717) is 5.02 Å². The molecule has 0 bridgehead atoms. The van der Waals surface area contributed by atoms with Gasteiger partial charge in [-0.15, -0.1) is 5.10 Å². The molecular weight excluding hydrogens is 188 g/mol. The summed E-state index contributed by atoms with van der Waals surface area (Å²) in [5.41, 5.74) is 0.870. The van der Waals surface area contributed by atoms with Gasteiger partial charge in [-0.05, 0) is 35.5 Å². The van der Waals surface area contributed by atoms with Gasteiger partial charge >= 0.3 is 0 Å². The van der Waals surface area contributed by atoms with Gasteiger partial charge < -0.3 is 0 Å². The first-order chi connectivity index (χ1) is 6.27. The highest BCUT2D eigenvalue weighted by Crippen LogP contribution is 2.13. The molecule has 2 aromatic rings. The third-order valence-corrected chi connectivity index (χ3v) is 1.91. The summed E-state index contributed by atoms with van der Waals surface area (Å²) < 4.78 is 1.63. The molecule has 0 N–H and O–H groups in total. The second-order valence-corrected chi connectivity index (χ2v) is 3.05. The molecule has 0 aliphatic heterocycles. The van der Waals surface area contributed by atoms with Crippen LogP contribution >= 0.6 is 11.6 Å². The van der Waals surface area contributed by atoms with Crippen molar-refractivity contribution in [3.8, 4) is 5.69 Å². The SMILES string of the molecule is Cc1nnnn1-c1cccc(Cl)c1. The number of nitrogens with zero attached hydrogens (tertiary/aromatic N) is 4. The lowest BCUT2D eigenvalue weighted by Crippen LogP contribution is -1.98. The van der Waals surface area contributed by atoms with Crippen molar-refractivity contribution in [2.75, 3.05) is 0 Å². The smallest absolute Gasteiger partial charge is 0.153 e. The third kappa shape index (κ3) is 1.53. The molecule has 0 spiro atoms. The summed E-state index contributed by atoms with van der Waals surface area (Å²) in [6.07, 6.45) is 0. The molecule has 0 fully saturated rings. The van der Waals surface area contributed by atoms with E-state index in [1.54, 1.807) is 4.68 Å². The third-order valence-electron chi connectivity index (χ3n) is 1.68. The average Bonchev–Trinajstić information content (AvgIpc) is 2.51. The molecule has 13 heavy (non-hydrogen) atoms. The van der Waals surface area contributed by atoms with Gasteiger partial charge in [0.25, 0.3) is 0 Å². The van der Waals surface area contributed by atoms with Gasteiger partial charge in [0.05, 0.1) is 5.69 Å². The van der Waals surface area contributed by atoms with Crippen molar-refractivity contribution in [1.29, 1.82) is 0 Å². The molecule has 0 radical (unpaired) electrons. The van der Waals surface area contributed by atoms with E-state index in [9.17, 15) is 0 Å². The largest absolute Gasteiger partial charge is 0.198 e. The fourth-order valence-electron chi connectivity index (χ4n) is 1.08. The Kier molecular flexibility index (Phi) is 1.98. The molecule has 4 nitrogen and oxygen atoms in total. The Hall–Kier alpha value is -1.42. The molecule has 1 heterocycles. The fraction of sp³-hybridized carbons (Fsp3) is 0.125. The first-order valence-corrected chi connectivity index (χ1v) is 4.16. The molecule has 0 atom stereocenters. The monoisotopic (exact) mass is 194 g/mol. The van der Waals surface area contributed by atoms with Gasteiger partial charge in [0, 0.05) is 5.02 Å². The first-order valence-electron chi connectivity index (χ1n) is 3.78. The molecule has 1 aromatic heterocycles. The van der Waals surface area contributed by atoms with Crippen LogP contribution in [0.25, 0.3) is 5.69 Å². The Balaban J connectivity index is 2.53. The Morgan fingerprint density at radius 2 is 2.23 bits per heavy atom. The molecule has 0 unspecified atom stereocenters. The summed E-state index contributed by atoms with van der Waals surface area (Å²) in [7, 11) is 0. The highest BCUT2D eigenvalue weighted by atomic mass is 35.5. The van der Waals surface area contributed by atoms with Gasteiger partial charge in [-0.25, -0.2) is 0 Å². The lowest BCUT2D eigenvalue weighted by molar-refractivity contribution is 0.779. The van der Waals surface area contributed by atoms with E-state index in [4.69, 9.17) is 11.6 Å². The van der Waals surface area contributed by atoms with Crippen LogP contribution in [0.1, 0.15) is 5.82 Å². The molecule has 5 heteroatoms. The number of halogens is 1. The van der Waals surface area contributed by atoms with Gasteiger partial charge in [-0.2, -0.15) is 4.68 Å². The van der Waals surface area contributed by atoms with Gasteiger partial charge in [-0.1, -0.05) is 17.7 Å². The molecule has 2 rings (SSSR count). The van der Waals surface area contributed by atoms with E-state index >= 15 is 0 Å². The number of benzene rings is 1. The van der Waals surface area contributed by atoms with Crippen LogP contribution in [0.5, 0.6) is 0 Å². The van der Waals surface area contributed by atoms with Crippen molar-refractivity contribution >= 4 is 11.6 Å². The fourth-order valence-corrected chi connectivity index (χ4v) is 1.26. The molecule has 66 valence electrons. The molecule has 0 saturated carbocycles. The number of rotatable bonds is 1. The van der Waals surface area contributed by atoms with Crippen molar-refractivity contribution in [2.24, 2.45) is 0 Å². The van der Waals surface area contributed by atoms with E-state index < -0.39 is 0 Å². The highest BCUT2D eigenvalue weighted by molar-refractivity contribution is 6.30. The number of aromatic nitrogens is 4. The van der Waals surface area contributed by atoms with Crippen LogP contribution in [-0.4, -0.2) is 20.2 Å². The molecule has 0 aliphatic carbocycles. The van der Waals surface area contributed by atoms with E-state index in [0.717, 1.165) is 11.5 Å². The van der Waals surface area contributed by atoms with E-state index in [1.807, 2.05) is 31.2 Å². The van der Waals surface area contributed by atoms with E-state index in [1.165, 1.54) is 0 Å². The lowest BCUT2D eigenvalue weighted by Gasteiger charge is -2.00. The maximum atomic E-state index is 5.83. The summed E-state index contributed by atoms with van der Waals surface area (Å²) in [6, 6.07) is 7.38. The average molecular weight is 195 g/mol. The Labute approximate surface area is 80.1 Å². The molecule has 0 amide bonds. The van der Waals surface area contributed by atoms with Crippen LogP contribution in [0, 0.1) is 6.92 Å². The van der Waals surface area contributed by atoms with Crippen LogP contribution in [-0.2, 0) is 0 Å². The topological polar surface area (TPSA) is 43.6 Å². The van der Waals surface area contributed by atoms with E-state index in [2.05, 4.69) is 15.5 Å². The van der Waals surface area contributed by atoms with Crippen LogP contribution in [0.2, 0.25) is 5.02 Å². The number of hydrogen-bond acceptors (Lipinski definition) is 3. The number of tetrazole rings is 1. The number of aryl methyl sites for hydroxylation is 1. The highest BCUT2D eigenvalue weighted by Gasteiger charge is 2.02. The van der Waals surface area contributed by atoms with Crippen LogP contribution in [0.4, 0.5) is 0 Å². The zero-order valence-electron chi connectivity index (χ0n) is 6.98. The van der Waals surface area contributed by atoms with Crippen molar-refractivity contribution in [1.82, 2.24) is 20.2 Å². The predicted molar refractivity (Wildman–Crippen MR) is 48.9 cm³/mol. The van der Waals surface area contributed by atoms with E-state index in [-0.39, 0.29) is 0 Å². The Bertz CT molecular complexity index is 424. The van der Waals surface area contributed by atoms with Gasteiger partial charge in [0.2, 0.25) is 0 Å². The van der Waals surface area contributed by atoms with Gasteiger partial charge in [0.1, 0.15) is 0 Å². The van der Waals surface area contributed by atoms with Crippen LogP contribution in [0.15, 0.2) is 24.3 Å². The second kappa shape index (κ2) is 3.14. The van der Waals surface area contributed by atoms with Crippen molar-refractivity contribution in [3.63, 3.8) is 0 Å². The summed E-state index contributed by atoms with van der Waals surface area (Å²) >= 11 is 5.83. The summed E-state index contributed by atoms with van der Waals surface area (Å²) in [5, 5.41) is 11.8. The predicted octanol–water partition coefficient (Wildman–Crippen LogP) is 1.62. The number of hydrogen-bond donors (Lipinski definition) is 0. The maximum absolute atomic E-state index is 5.83. The summed E-state index contributed by atoms with van der Waals surface area (Å²) in [5.74, 6) is 0.738. The standard InChI is InChI=1S/C8H7ClN4/c1-6-10-11-12-13(6)8-4-2-3-7(9)5-8/h2-5H,1H3. The molecule has 0 aliphatic rings. The zero-order chi connectivity index (χ0) is 9.26. The lowest BCUT2D eigenvalue weighted by atomic mass is 10.3. The van der Waals surface area contributed by atoms with Crippen molar-refractivity contribution in [2.45, 2.75) is 6.92 Å². The van der Waals surface area contributed by atoms with Crippen molar-refractivity contribution < 1.29 is 0 Å². The summed E-state index contributed by atoms with van der Waals surface area (Å²) in [4.78, 5) is 0. The Morgan fingerprint density at radius 1 is 1.38 bits per heavy atom. The minimum absolute atomic E-state index is 0.674. The minimum Gasteiger partial charge on any atom is -0.198 e. The normalized spacial score (nSPS) is 10.3. The molecule has 0 saturated heterocycles. The second-order valence-electron chi connectivity index (χ2n) is 2.62. The molecular formula is C8H7ClN4. The summed E-state index contributed by atoms with van der Waals surface area (Å²) in [6.45, 7) is 1.83. The van der Waals surface area contributed by atoms with Gasteiger partial charge in [-0.3, -0.25) is 0 Å². The van der Waals surface area contributed by atoms with Gasteiger partial charge in [0.15, 0.2) is 5.82 Å². The minimum atomic E-state index is 0.674.